The minimum atomic E-state index is -0.809. The van der Waals surface area contributed by atoms with Gasteiger partial charge in [0.2, 0.25) is 0 Å². The molecule has 4 heteroatoms. The molecular formula is C17H30O4. The number of rotatable bonds is 8. The number of ether oxygens (including phenoxy) is 1. The number of unbranched alkanes of at least 4 members (excludes halogenated alkanes) is 4. The van der Waals surface area contributed by atoms with Crippen LogP contribution >= 0.6 is 0 Å². The zero-order valence-electron chi connectivity index (χ0n) is 14.1. The van der Waals surface area contributed by atoms with Crippen LogP contribution in [0.4, 0.5) is 0 Å². The summed E-state index contributed by atoms with van der Waals surface area (Å²) in [6.45, 7) is 7.62. The number of methoxy groups -OCH3 is 1. The van der Waals surface area contributed by atoms with Crippen LogP contribution in [0.3, 0.4) is 0 Å². The predicted octanol–water partition coefficient (Wildman–Crippen LogP) is 4.50. The van der Waals surface area contributed by atoms with Crippen LogP contribution in [-0.2, 0) is 14.3 Å². The molecule has 0 aromatic carbocycles. The molecule has 0 atom stereocenters. The third kappa shape index (κ3) is 14.6. The first-order chi connectivity index (χ1) is 9.90. The molecule has 0 fully saturated rings. The van der Waals surface area contributed by atoms with E-state index in [0.29, 0.717) is 11.1 Å². The second-order valence-corrected chi connectivity index (χ2v) is 4.86. The number of carboxylic acid groups (broad SMARTS) is 1. The van der Waals surface area contributed by atoms with Crippen molar-refractivity contribution >= 4 is 11.9 Å². The highest BCUT2D eigenvalue weighted by molar-refractivity contribution is 5.87. The van der Waals surface area contributed by atoms with Crippen molar-refractivity contribution in [2.45, 2.75) is 66.2 Å². The Labute approximate surface area is 128 Å². The fourth-order valence-corrected chi connectivity index (χ4v) is 1.38. The Morgan fingerprint density at radius 2 is 1.38 bits per heavy atom. The molecule has 21 heavy (non-hydrogen) atoms. The van der Waals surface area contributed by atoms with Gasteiger partial charge in [-0.25, -0.2) is 9.59 Å². The van der Waals surface area contributed by atoms with E-state index in [4.69, 9.17) is 5.11 Å². The molecule has 0 aromatic heterocycles. The molecule has 0 aliphatic carbocycles. The second-order valence-electron chi connectivity index (χ2n) is 4.86. The van der Waals surface area contributed by atoms with Crippen molar-refractivity contribution < 1.29 is 19.4 Å². The summed E-state index contributed by atoms with van der Waals surface area (Å²) in [6, 6.07) is 0. The molecule has 0 spiro atoms. The van der Waals surface area contributed by atoms with Gasteiger partial charge in [0, 0.05) is 11.1 Å². The molecular weight excluding hydrogens is 268 g/mol. The summed E-state index contributed by atoms with van der Waals surface area (Å²) in [4.78, 5) is 21.0. The van der Waals surface area contributed by atoms with Gasteiger partial charge < -0.3 is 9.84 Å². The zero-order chi connectivity index (χ0) is 16.7. The third-order valence-electron chi connectivity index (χ3n) is 2.86. The number of esters is 1. The average Bonchev–Trinajstić information content (AvgIpc) is 2.47. The van der Waals surface area contributed by atoms with Crippen LogP contribution in [0.2, 0.25) is 0 Å². The highest BCUT2D eigenvalue weighted by Crippen LogP contribution is 2.02. The highest BCUT2D eigenvalue weighted by Gasteiger charge is 2.00. The van der Waals surface area contributed by atoms with Gasteiger partial charge in [0.15, 0.2) is 0 Å². The molecule has 1 N–H and O–H groups in total. The van der Waals surface area contributed by atoms with Gasteiger partial charge in [-0.15, -0.1) is 0 Å². The number of carbonyl (C=O) groups excluding carboxylic acids is 1. The maximum absolute atomic E-state index is 10.8. The lowest BCUT2D eigenvalue weighted by atomic mass is 10.2. The normalized spacial score (nSPS) is 11.5. The summed E-state index contributed by atoms with van der Waals surface area (Å²) < 4.78 is 4.54. The van der Waals surface area contributed by atoms with E-state index in [2.05, 4.69) is 18.6 Å². The van der Waals surface area contributed by atoms with Crippen molar-refractivity contribution in [3.63, 3.8) is 0 Å². The van der Waals surface area contributed by atoms with Crippen molar-refractivity contribution in [1.82, 2.24) is 0 Å². The number of allylic oxidation sites excluding steroid dienone is 2. The quantitative estimate of drug-likeness (QED) is 0.407. The van der Waals surface area contributed by atoms with E-state index >= 15 is 0 Å². The van der Waals surface area contributed by atoms with Gasteiger partial charge in [0.25, 0.3) is 0 Å². The minimum absolute atomic E-state index is 0.221. The van der Waals surface area contributed by atoms with Gasteiger partial charge in [-0.1, -0.05) is 51.7 Å². The number of aliphatic carboxylic acids is 1. The second kappa shape index (κ2) is 14.8. The van der Waals surface area contributed by atoms with E-state index in [-0.39, 0.29) is 5.97 Å². The van der Waals surface area contributed by atoms with Crippen LogP contribution in [-0.4, -0.2) is 24.2 Å². The molecule has 0 amide bonds. The molecule has 0 aliphatic heterocycles. The summed E-state index contributed by atoms with van der Waals surface area (Å²) in [5.74, 6) is -1.03. The molecule has 0 radical (unpaired) electrons. The Morgan fingerprint density at radius 1 is 0.952 bits per heavy atom. The Hall–Kier alpha value is -1.58. The van der Waals surface area contributed by atoms with Crippen LogP contribution in [0.1, 0.15) is 66.2 Å². The maximum Gasteiger partial charge on any atom is 0.333 e. The first-order valence-electron chi connectivity index (χ1n) is 7.55. The standard InChI is InChI=1S/C9H16O2.C8H14O2/c1-4-5-6-7-8(2)9(10)11-3;1-3-4-5-6-7(2)8(9)10/h7H,4-6H2,1-3H3;6H,3-5H2,1-2H3,(H,9,10)/b8-7+;7-6+. The third-order valence-corrected chi connectivity index (χ3v) is 2.86. The zero-order valence-corrected chi connectivity index (χ0v) is 14.1. The van der Waals surface area contributed by atoms with E-state index < -0.39 is 5.97 Å². The lowest BCUT2D eigenvalue weighted by molar-refractivity contribution is -0.136. The fourth-order valence-electron chi connectivity index (χ4n) is 1.38. The predicted molar refractivity (Wildman–Crippen MR) is 86.2 cm³/mol. The Kier molecular flexibility index (Phi) is 15.3. The van der Waals surface area contributed by atoms with Crippen molar-refractivity contribution in [3.05, 3.63) is 23.3 Å². The molecule has 4 nitrogen and oxygen atoms in total. The number of hydrogen-bond donors (Lipinski definition) is 1. The van der Waals surface area contributed by atoms with E-state index in [0.717, 1.165) is 38.5 Å². The fraction of sp³-hybridized carbons (Fsp3) is 0.647. The summed E-state index contributed by atoms with van der Waals surface area (Å²) in [7, 11) is 1.40. The molecule has 0 aromatic rings. The summed E-state index contributed by atoms with van der Waals surface area (Å²) in [5.41, 5.74) is 1.16. The van der Waals surface area contributed by atoms with Crippen molar-refractivity contribution in [1.29, 1.82) is 0 Å². The maximum atomic E-state index is 10.8. The smallest absolute Gasteiger partial charge is 0.333 e. The summed E-state index contributed by atoms with van der Waals surface area (Å²) in [5, 5.41) is 8.41. The van der Waals surface area contributed by atoms with Crippen LogP contribution in [0, 0.1) is 0 Å². The first kappa shape index (κ1) is 21.7. The summed E-state index contributed by atoms with van der Waals surface area (Å²) in [6.07, 6.45) is 10.0. The highest BCUT2D eigenvalue weighted by atomic mass is 16.5. The topological polar surface area (TPSA) is 63.6 Å². The molecule has 0 aliphatic rings. The van der Waals surface area contributed by atoms with Gasteiger partial charge in [-0.3, -0.25) is 0 Å². The molecule has 122 valence electrons. The van der Waals surface area contributed by atoms with Gasteiger partial charge in [-0.2, -0.15) is 0 Å². The van der Waals surface area contributed by atoms with Gasteiger partial charge in [-0.05, 0) is 26.7 Å². The van der Waals surface area contributed by atoms with E-state index in [1.54, 1.807) is 19.9 Å². The van der Waals surface area contributed by atoms with E-state index in [1.165, 1.54) is 7.11 Å². The SMILES string of the molecule is CCCC/C=C(\C)C(=O)O.CCCC/C=C(\C)C(=O)OC. The van der Waals surface area contributed by atoms with Gasteiger partial charge in [0.05, 0.1) is 7.11 Å². The lowest BCUT2D eigenvalue weighted by Gasteiger charge is -1.97. The molecule has 0 unspecified atom stereocenters. The van der Waals surface area contributed by atoms with Crippen molar-refractivity contribution in [2.24, 2.45) is 0 Å². The molecule has 0 saturated heterocycles. The molecule has 0 bridgehead atoms. The Balaban J connectivity index is 0. The Morgan fingerprint density at radius 3 is 1.71 bits per heavy atom. The van der Waals surface area contributed by atoms with E-state index in [9.17, 15) is 9.59 Å². The van der Waals surface area contributed by atoms with Crippen molar-refractivity contribution in [3.8, 4) is 0 Å². The minimum Gasteiger partial charge on any atom is -0.478 e. The van der Waals surface area contributed by atoms with Gasteiger partial charge >= 0.3 is 11.9 Å². The van der Waals surface area contributed by atoms with Crippen LogP contribution in [0.15, 0.2) is 23.3 Å². The first-order valence-corrected chi connectivity index (χ1v) is 7.55. The largest absolute Gasteiger partial charge is 0.478 e. The van der Waals surface area contributed by atoms with E-state index in [1.807, 2.05) is 6.08 Å². The monoisotopic (exact) mass is 298 g/mol. The molecule has 0 saturated carbocycles. The number of hydrogen-bond acceptors (Lipinski definition) is 3. The van der Waals surface area contributed by atoms with Crippen LogP contribution in [0.25, 0.3) is 0 Å². The summed E-state index contributed by atoms with van der Waals surface area (Å²) >= 11 is 0. The Bertz CT molecular complexity index is 354. The average molecular weight is 298 g/mol. The molecule has 0 heterocycles. The number of carbonyl (C=O) groups is 2. The van der Waals surface area contributed by atoms with Gasteiger partial charge in [0.1, 0.15) is 0 Å². The molecule has 0 rings (SSSR count). The van der Waals surface area contributed by atoms with Crippen molar-refractivity contribution in [2.75, 3.05) is 7.11 Å². The van der Waals surface area contributed by atoms with Crippen LogP contribution < -0.4 is 0 Å². The lowest BCUT2D eigenvalue weighted by Crippen LogP contribution is -2.00. The number of carboxylic acids is 1. The van der Waals surface area contributed by atoms with Crippen LogP contribution in [0.5, 0.6) is 0 Å².